The van der Waals surface area contributed by atoms with Gasteiger partial charge in [-0.3, -0.25) is 4.79 Å². The second-order valence-corrected chi connectivity index (χ2v) is 3.61. The zero-order valence-corrected chi connectivity index (χ0v) is 10.3. The van der Waals surface area contributed by atoms with E-state index in [9.17, 15) is 18.0 Å². The predicted octanol–water partition coefficient (Wildman–Crippen LogP) is 2.07. The number of carboxylic acids is 1. The maximum Gasteiger partial charge on any atom is 0.490 e. The van der Waals surface area contributed by atoms with Crippen molar-refractivity contribution >= 4 is 11.9 Å². The zero-order chi connectivity index (χ0) is 16.0. The van der Waals surface area contributed by atoms with Crippen molar-refractivity contribution < 1.29 is 32.4 Å². The molecule has 0 bridgehead atoms. The van der Waals surface area contributed by atoms with E-state index in [0.29, 0.717) is 5.69 Å². The van der Waals surface area contributed by atoms with Crippen LogP contribution in [0.2, 0.25) is 0 Å². The molecule has 0 atom stereocenters. The van der Waals surface area contributed by atoms with Crippen LogP contribution in [0.4, 0.5) is 13.2 Å². The van der Waals surface area contributed by atoms with Crippen molar-refractivity contribution in [2.45, 2.75) is 6.18 Å². The molecule has 0 aliphatic heterocycles. The van der Waals surface area contributed by atoms with Crippen molar-refractivity contribution in [2.75, 3.05) is 0 Å². The third-order valence-corrected chi connectivity index (χ3v) is 2.07. The standard InChI is InChI=1S/C10H8N2O2.C2HF3O2/c11-10(13)9-6-8(12-14-9)7-4-2-1-3-5-7;3-2(4,5)1(6)7/h1-6H,(H2,11,13);(H,6,7). The molecule has 0 unspecified atom stereocenters. The lowest BCUT2D eigenvalue weighted by molar-refractivity contribution is -0.192. The molecule has 0 saturated heterocycles. The van der Waals surface area contributed by atoms with Crippen molar-refractivity contribution in [1.29, 1.82) is 0 Å². The summed E-state index contributed by atoms with van der Waals surface area (Å²) in [7, 11) is 0. The lowest BCUT2D eigenvalue weighted by Gasteiger charge is -1.93. The summed E-state index contributed by atoms with van der Waals surface area (Å²) < 4.78 is 36.5. The van der Waals surface area contributed by atoms with Crippen molar-refractivity contribution in [2.24, 2.45) is 5.73 Å². The fraction of sp³-hybridized carbons (Fsp3) is 0.0833. The first-order valence-corrected chi connectivity index (χ1v) is 5.34. The van der Waals surface area contributed by atoms with E-state index in [0.717, 1.165) is 5.56 Å². The highest BCUT2D eigenvalue weighted by atomic mass is 19.4. The molecule has 1 aromatic carbocycles. The number of primary amides is 1. The van der Waals surface area contributed by atoms with Gasteiger partial charge in [-0.2, -0.15) is 13.2 Å². The third kappa shape index (κ3) is 4.97. The molecule has 0 aliphatic carbocycles. The Morgan fingerprint density at radius 3 is 2.10 bits per heavy atom. The Balaban J connectivity index is 0.000000270. The summed E-state index contributed by atoms with van der Waals surface area (Å²) >= 11 is 0. The number of carbonyl (C=O) groups is 2. The minimum absolute atomic E-state index is 0.0730. The maximum absolute atomic E-state index is 10.7. The van der Waals surface area contributed by atoms with Gasteiger partial charge in [0.2, 0.25) is 5.76 Å². The highest BCUT2D eigenvalue weighted by Crippen LogP contribution is 2.17. The largest absolute Gasteiger partial charge is 0.490 e. The normalized spacial score (nSPS) is 10.4. The van der Waals surface area contributed by atoms with Crippen LogP contribution in [0, 0.1) is 0 Å². The highest BCUT2D eigenvalue weighted by molar-refractivity contribution is 5.90. The Bertz CT molecular complexity index is 623. The zero-order valence-electron chi connectivity index (χ0n) is 10.3. The first kappa shape index (κ1) is 16.2. The molecule has 1 heterocycles. The van der Waals surface area contributed by atoms with Crippen molar-refractivity contribution in [1.82, 2.24) is 5.16 Å². The number of carboxylic acid groups (broad SMARTS) is 1. The van der Waals surface area contributed by atoms with Gasteiger partial charge in [0.25, 0.3) is 5.91 Å². The van der Waals surface area contributed by atoms with Crippen LogP contribution in [-0.2, 0) is 4.79 Å². The second kappa shape index (κ2) is 6.55. The SMILES string of the molecule is NC(=O)c1cc(-c2ccccc2)no1.O=C(O)C(F)(F)F. The number of hydrogen-bond acceptors (Lipinski definition) is 4. The van der Waals surface area contributed by atoms with Crippen molar-refractivity contribution in [3.05, 3.63) is 42.2 Å². The molecule has 112 valence electrons. The summed E-state index contributed by atoms with van der Waals surface area (Å²) in [6, 6.07) is 10.9. The predicted molar refractivity (Wildman–Crippen MR) is 64.1 cm³/mol. The number of alkyl halides is 3. The van der Waals surface area contributed by atoms with E-state index in [4.69, 9.17) is 20.2 Å². The fourth-order valence-electron chi connectivity index (χ4n) is 1.14. The monoisotopic (exact) mass is 302 g/mol. The molecular weight excluding hydrogens is 293 g/mol. The van der Waals surface area contributed by atoms with Crippen LogP contribution < -0.4 is 5.73 Å². The minimum atomic E-state index is -5.08. The Morgan fingerprint density at radius 2 is 1.71 bits per heavy atom. The van der Waals surface area contributed by atoms with E-state index in [1.807, 2.05) is 30.3 Å². The molecule has 0 saturated carbocycles. The number of halogens is 3. The summed E-state index contributed by atoms with van der Waals surface area (Å²) in [6.45, 7) is 0. The van der Waals surface area contributed by atoms with Crippen LogP contribution in [0.15, 0.2) is 40.9 Å². The number of aliphatic carboxylic acids is 1. The number of rotatable bonds is 2. The Hall–Kier alpha value is -2.84. The molecule has 1 aromatic heterocycles. The Labute approximate surface area is 116 Å². The van der Waals surface area contributed by atoms with Gasteiger partial charge >= 0.3 is 12.1 Å². The Kier molecular flexibility index (Phi) is 5.06. The summed E-state index contributed by atoms with van der Waals surface area (Å²) in [5, 5.41) is 10.9. The van der Waals surface area contributed by atoms with Gasteiger partial charge in [-0.05, 0) is 0 Å². The summed E-state index contributed by atoms with van der Waals surface area (Å²) in [5.41, 5.74) is 6.54. The number of aromatic nitrogens is 1. The number of amides is 1. The fourth-order valence-corrected chi connectivity index (χ4v) is 1.14. The van der Waals surface area contributed by atoms with Crippen LogP contribution in [-0.4, -0.2) is 28.3 Å². The number of nitrogens with zero attached hydrogens (tertiary/aromatic N) is 1. The molecule has 2 rings (SSSR count). The summed E-state index contributed by atoms with van der Waals surface area (Å²) in [5.74, 6) is -3.30. The van der Waals surface area contributed by atoms with Gasteiger partial charge in [-0.15, -0.1) is 0 Å². The molecule has 0 aliphatic rings. The number of benzene rings is 1. The average molecular weight is 302 g/mol. The van der Waals surface area contributed by atoms with Crippen LogP contribution in [0.5, 0.6) is 0 Å². The Morgan fingerprint density at radius 1 is 1.19 bits per heavy atom. The summed E-state index contributed by atoms with van der Waals surface area (Å²) in [4.78, 5) is 19.6. The molecule has 0 spiro atoms. The molecule has 2 aromatic rings. The van der Waals surface area contributed by atoms with Crippen LogP contribution in [0.25, 0.3) is 11.3 Å². The molecular formula is C12H9F3N2O4. The van der Waals surface area contributed by atoms with E-state index < -0.39 is 18.1 Å². The van der Waals surface area contributed by atoms with Gasteiger partial charge in [0.15, 0.2) is 0 Å². The molecule has 0 radical (unpaired) electrons. The topological polar surface area (TPSA) is 106 Å². The van der Waals surface area contributed by atoms with Crippen LogP contribution in [0.3, 0.4) is 0 Å². The van der Waals surface area contributed by atoms with Gasteiger partial charge in [-0.1, -0.05) is 35.5 Å². The number of carbonyl (C=O) groups excluding carboxylic acids is 1. The van der Waals surface area contributed by atoms with E-state index >= 15 is 0 Å². The molecule has 21 heavy (non-hydrogen) atoms. The van der Waals surface area contributed by atoms with Gasteiger partial charge < -0.3 is 15.4 Å². The summed E-state index contributed by atoms with van der Waals surface area (Å²) in [6.07, 6.45) is -5.08. The van der Waals surface area contributed by atoms with E-state index in [-0.39, 0.29) is 5.76 Å². The molecule has 1 amide bonds. The van der Waals surface area contributed by atoms with Gasteiger partial charge in [0.1, 0.15) is 5.69 Å². The molecule has 0 fully saturated rings. The van der Waals surface area contributed by atoms with Gasteiger partial charge in [-0.25, -0.2) is 4.79 Å². The molecule has 3 N–H and O–H groups in total. The molecule has 9 heteroatoms. The number of hydrogen-bond donors (Lipinski definition) is 2. The smallest absolute Gasteiger partial charge is 0.475 e. The van der Waals surface area contributed by atoms with Crippen molar-refractivity contribution in [3.8, 4) is 11.3 Å². The van der Waals surface area contributed by atoms with Gasteiger partial charge in [0, 0.05) is 11.6 Å². The quantitative estimate of drug-likeness (QED) is 0.883. The highest BCUT2D eigenvalue weighted by Gasteiger charge is 2.38. The second-order valence-electron chi connectivity index (χ2n) is 3.61. The van der Waals surface area contributed by atoms with Crippen molar-refractivity contribution in [3.63, 3.8) is 0 Å². The first-order chi connectivity index (χ1) is 9.71. The lowest BCUT2D eigenvalue weighted by Crippen LogP contribution is -2.21. The maximum atomic E-state index is 10.7. The van der Waals surface area contributed by atoms with Gasteiger partial charge in [0.05, 0.1) is 0 Å². The van der Waals surface area contributed by atoms with Crippen LogP contribution in [0.1, 0.15) is 10.6 Å². The first-order valence-electron chi connectivity index (χ1n) is 5.34. The van der Waals surface area contributed by atoms with Crippen LogP contribution >= 0.6 is 0 Å². The van der Waals surface area contributed by atoms with E-state index in [2.05, 4.69) is 5.16 Å². The number of nitrogens with two attached hydrogens (primary N) is 1. The minimum Gasteiger partial charge on any atom is -0.475 e. The average Bonchev–Trinajstić information content (AvgIpc) is 2.89. The molecule has 6 nitrogen and oxygen atoms in total. The van der Waals surface area contributed by atoms with E-state index in [1.54, 1.807) is 0 Å². The lowest BCUT2D eigenvalue weighted by atomic mass is 10.1. The third-order valence-electron chi connectivity index (χ3n) is 2.07. The van der Waals surface area contributed by atoms with E-state index in [1.165, 1.54) is 6.07 Å².